The van der Waals surface area contributed by atoms with Crippen LogP contribution in [0.15, 0.2) is 47.1 Å². The average molecular weight is 371 g/mol. The number of nitrogens with one attached hydrogen (secondary N) is 2. The molecule has 1 aromatic carbocycles. The van der Waals surface area contributed by atoms with Gasteiger partial charge in [0.15, 0.2) is 0 Å². The summed E-state index contributed by atoms with van der Waals surface area (Å²) in [6.07, 6.45) is 1.78. The van der Waals surface area contributed by atoms with E-state index in [0.717, 1.165) is 4.90 Å². The average Bonchev–Trinajstić information content (AvgIpc) is 3.26. The summed E-state index contributed by atoms with van der Waals surface area (Å²) in [5.74, 6) is 0.486. The van der Waals surface area contributed by atoms with Gasteiger partial charge in [-0.05, 0) is 37.6 Å². The van der Waals surface area contributed by atoms with E-state index in [1.807, 2.05) is 13.0 Å². The van der Waals surface area contributed by atoms with Crippen LogP contribution < -0.4 is 15.4 Å². The third-order valence-corrected chi connectivity index (χ3v) is 4.12. The highest BCUT2D eigenvalue weighted by Crippen LogP contribution is 2.24. The van der Waals surface area contributed by atoms with Crippen molar-refractivity contribution in [3.05, 3.63) is 48.4 Å². The molecule has 8 heteroatoms. The smallest absolute Gasteiger partial charge is 0.325 e. The van der Waals surface area contributed by atoms with Crippen LogP contribution in [-0.2, 0) is 16.1 Å². The molecule has 1 atom stereocenters. The normalized spacial score (nSPS) is 16.3. The van der Waals surface area contributed by atoms with Gasteiger partial charge in [0.25, 0.3) is 5.91 Å². The summed E-state index contributed by atoms with van der Waals surface area (Å²) >= 11 is 0. The SMILES string of the molecule is CCOc1ccccc1NC(=O)CC[C@@H]1NC(=O)N(Cc2ccco2)C1=O. The number of hydrogen-bond acceptors (Lipinski definition) is 5. The molecule has 0 saturated carbocycles. The van der Waals surface area contributed by atoms with Crippen molar-refractivity contribution >= 4 is 23.5 Å². The molecular formula is C19H21N3O5. The summed E-state index contributed by atoms with van der Waals surface area (Å²) in [5.41, 5.74) is 0.575. The molecule has 1 aliphatic rings. The van der Waals surface area contributed by atoms with Crippen molar-refractivity contribution in [2.24, 2.45) is 0 Å². The summed E-state index contributed by atoms with van der Waals surface area (Å²) in [4.78, 5) is 37.7. The Kier molecular flexibility index (Phi) is 5.75. The summed E-state index contributed by atoms with van der Waals surface area (Å²) < 4.78 is 10.6. The Bertz CT molecular complexity index is 819. The monoisotopic (exact) mass is 371 g/mol. The predicted octanol–water partition coefficient (Wildman–Crippen LogP) is 2.52. The quantitative estimate of drug-likeness (QED) is 0.695. The first-order chi connectivity index (χ1) is 13.1. The van der Waals surface area contributed by atoms with Gasteiger partial charge in [0.2, 0.25) is 5.91 Å². The van der Waals surface area contributed by atoms with E-state index in [4.69, 9.17) is 9.15 Å². The van der Waals surface area contributed by atoms with Crippen molar-refractivity contribution in [2.75, 3.05) is 11.9 Å². The first-order valence-corrected chi connectivity index (χ1v) is 8.74. The first-order valence-electron chi connectivity index (χ1n) is 8.74. The van der Waals surface area contributed by atoms with Gasteiger partial charge in [-0.3, -0.25) is 14.5 Å². The van der Waals surface area contributed by atoms with E-state index >= 15 is 0 Å². The second-order valence-electron chi connectivity index (χ2n) is 6.02. The number of nitrogens with zero attached hydrogens (tertiary/aromatic N) is 1. The summed E-state index contributed by atoms with van der Waals surface area (Å²) in [6, 6.07) is 9.31. The fourth-order valence-corrected chi connectivity index (χ4v) is 2.82. The molecule has 1 saturated heterocycles. The van der Waals surface area contributed by atoms with Gasteiger partial charge in [-0.15, -0.1) is 0 Å². The standard InChI is InChI=1S/C19H21N3O5/c1-2-26-16-8-4-3-7-14(16)20-17(23)10-9-15-18(24)22(19(25)21-15)12-13-6-5-11-27-13/h3-8,11,15H,2,9-10,12H2,1H3,(H,20,23)(H,21,25)/t15-/m0/s1. The lowest BCUT2D eigenvalue weighted by Crippen LogP contribution is -2.31. The van der Waals surface area contributed by atoms with Crippen LogP contribution in [0.3, 0.4) is 0 Å². The van der Waals surface area contributed by atoms with Crippen LogP contribution in [0.1, 0.15) is 25.5 Å². The van der Waals surface area contributed by atoms with Crippen LogP contribution in [0.25, 0.3) is 0 Å². The molecule has 8 nitrogen and oxygen atoms in total. The van der Waals surface area contributed by atoms with Crippen LogP contribution in [0.2, 0.25) is 0 Å². The molecule has 0 unspecified atom stereocenters. The number of ether oxygens (including phenoxy) is 1. The van der Waals surface area contributed by atoms with E-state index < -0.39 is 12.1 Å². The minimum absolute atomic E-state index is 0.0715. The number of amides is 4. The molecule has 2 N–H and O–H groups in total. The van der Waals surface area contributed by atoms with E-state index in [1.54, 1.807) is 30.3 Å². The predicted molar refractivity (Wildman–Crippen MR) is 97.1 cm³/mol. The molecule has 0 spiro atoms. The van der Waals surface area contributed by atoms with Crippen molar-refractivity contribution in [2.45, 2.75) is 32.4 Å². The van der Waals surface area contributed by atoms with Crippen molar-refractivity contribution < 1.29 is 23.5 Å². The van der Waals surface area contributed by atoms with E-state index in [-0.39, 0.29) is 31.2 Å². The lowest BCUT2D eigenvalue weighted by Gasteiger charge is -2.12. The summed E-state index contributed by atoms with van der Waals surface area (Å²) in [6.45, 7) is 2.42. The van der Waals surface area contributed by atoms with Gasteiger partial charge in [0, 0.05) is 6.42 Å². The van der Waals surface area contributed by atoms with Gasteiger partial charge < -0.3 is 19.8 Å². The highest BCUT2D eigenvalue weighted by Gasteiger charge is 2.38. The number of furan rings is 1. The third kappa shape index (κ3) is 4.46. The Morgan fingerprint density at radius 1 is 1.26 bits per heavy atom. The Morgan fingerprint density at radius 2 is 2.07 bits per heavy atom. The van der Waals surface area contributed by atoms with Crippen LogP contribution in [0, 0.1) is 0 Å². The summed E-state index contributed by atoms with van der Waals surface area (Å²) in [7, 11) is 0. The minimum atomic E-state index is -0.722. The molecule has 1 aliphatic heterocycles. The number of imide groups is 1. The number of benzene rings is 1. The molecule has 3 rings (SSSR count). The molecule has 2 heterocycles. The molecular weight excluding hydrogens is 350 g/mol. The molecule has 1 aromatic heterocycles. The second-order valence-corrected chi connectivity index (χ2v) is 6.02. The van der Waals surface area contributed by atoms with Crippen LogP contribution in [0.5, 0.6) is 5.75 Å². The van der Waals surface area contributed by atoms with Crippen molar-refractivity contribution in [3.63, 3.8) is 0 Å². The molecule has 1 fully saturated rings. The number of para-hydroxylation sites is 2. The maximum atomic E-state index is 12.4. The molecule has 0 aliphatic carbocycles. The fraction of sp³-hybridized carbons (Fsp3) is 0.316. The zero-order valence-electron chi connectivity index (χ0n) is 14.9. The lowest BCUT2D eigenvalue weighted by molar-refractivity contribution is -0.128. The fourth-order valence-electron chi connectivity index (χ4n) is 2.82. The van der Waals surface area contributed by atoms with Gasteiger partial charge in [-0.25, -0.2) is 4.79 Å². The van der Waals surface area contributed by atoms with E-state index in [0.29, 0.717) is 23.8 Å². The Morgan fingerprint density at radius 3 is 2.81 bits per heavy atom. The highest BCUT2D eigenvalue weighted by atomic mass is 16.5. The van der Waals surface area contributed by atoms with Crippen molar-refractivity contribution in [1.29, 1.82) is 0 Å². The Balaban J connectivity index is 1.53. The van der Waals surface area contributed by atoms with E-state index in [1.165, 1.54) is 6.26 Å². The zero-order chi connectivity index (χ0) is 19.2. The molecule has 27 heavy (non-hydrogen) atoms. The van der Waals surface area contributed by atoms with Gasteiger partial charge in [0.05, 0.1) is 25.1 Å². The molecule has 0 radical (unpaired) electrons. The Labute approximate surface area is 156 Å². The lowest BCUT2D eigenvalue weighted by atomic mass is 10.1. The third-order valence-electron chi connectivity index (χ3n) is 4.12. The van der Waals surface area contributed by atoms with Gasteiger partial charge in [0.1, 0.15) is 17.6 Å². The Hall–Kier alpha value is -3.29. The van der Waals surface area contributed by atoms with Crippen LogP contribution in [-0.4, -0.2) is 35.4 Å². The van der Waals surface area contributed by atoms with Crippen molar-refractivity contribution in [1.82, 2.24) is 10.2 Å². The maximum absolute atomic E-state index is 12.4. The summed E-state index contributed by atoms with van der Waals surface area (Å²) in [5, 5.41) is 5.38. The number of carbonyl (C=O) groups is 3. The van der Waals surface area contributed by atoms with Crippen molar-refractivity contribution in [3.8, 4) is 5.75 Å². The number of urea groups is 1. The largest absolute Gasteiger partial charge is 0.492 e. The van der Waals surface area contributed by atoms with Gasteiger partial charge >= 0.3 is 6.03 Å². The van der Waals surface area contributed by atoms with E-state index in [2.05, 4.69) is 10.6 Å². The number of anilines is 1. The van der Waals surface area contributed by atoms with Crippen LogP contribution in [0.4, 0.5) is 10.5 Å². The molecule has 142 valence electrons. The number of hydrogen-bond donors (Lipinski definition) is 2. The molecule has 0 bridgehead atoms. The number of rotatable bonds is 8. The highest BCUT2D eigenvalue weighted by molar-refractivity contribution is 6.04. The molecule has 4 amide bonds. The van der Waals surface area contributed by atoms with Gasteiger partial charge in [-0.2, -0.15) is 0 Å². The number of carbonyl (C=O) groups excluding carboxylic acids is 3. The topological polar surface area (TPSA) is 101 Å². The molecule has 2 aromatic rings. The van der Waals surface area contributed by atoms with E-state index in [9.17, 15) is 14.4 Å². The van der Waals surface area contributed by atoms with Crippen LogP contribution >= 0.6 is 0 Å². The second kappa shape index (κ2) is 8.39. The zero-order valence-corrected chi connectivity index (χ0v) is 14.9. The minimum Gasteiger partial charge on any atom is -0.492 e. The van der Waals surface area contributed by atoms with Gasteiger partial charge in [-0.1, -0.05) is 12.1 Å². The first kappa shape index (κ1) is 18.5. The maximum Gasteiger partial charge on any atom is 0.325 e.